The maximum Gasteiger partial charge on any atom is 0.277 e. The summed E-state index contributed by atoms with van der Waals surface area (Å²) >= 11 is 8.44. The lowest BCUT2D eigenvalue weighted by molar-refractivity contribution is 0.0271. The molecule has 1 fully saturated rings. The van der Waals surface area contributed by atoms with Gasteiger partial charge in [0.1, 0.15) is 5.69 Å². The van der Waals surface area contributed by atoms with Gasteiger partial charge in [0.05, 0.1) is 28.6 Å². The van der Waals surface area contributed by atoms with E-state index in [1.807, 2.05) is 6.07 Å². The van der Waals surface area contributed by atoms with Crippen LogP contribution in [0.1, 0.15) is 23.2 Å². The quantitative estimate of drug-likeness (QED) is 0.333. The normalized spacial score (nSPS) is 13.3. The van der Waals surface area contributed by atoms with Crippen LogP contribution in [-0.2, 0) is 4.84 Å². The highest BCUT2D eigenvalue weighted by molar-refractivity contribution is 14.1. The summed E-state index contributed by atoms with van der Waals surface area (Å²) in [5.74, 6) is -0.525. The standard InChI is InChI=1S/C20H17ClFIN4O2/c21-15-8-13(23)4-5-17(15)25-18-10-16(22)19(27-7-1-6-24-27)9-14(18)20(28)26-29-11-12-2-3-12/h1,4-10,12,25H,2-3,11H2,(H,26,28). The number of rotatable bonds is 7. The maximum absolute atomic E-state index is 14.8. The van der Waals surface area contributed by atoms with E-state index in [-0.39, 0.29) is 16.9 Å². The Morgan fingerprint density at radius 2 is 2.14 bits per heavy atom. The number of halogens is 3. The lowest BCUT2D eigenvalue weighted by atomic mass is 10.1. The third kappa shape index (κ3) is 4.88. The molecular weight excluding hydrogens is 510 g/mol. The predicted molar refractivity (Wildman–Crippen MR) is 117 cm³/mol. The van der Waals surface area contributed by atoms with Gasteiger partial charge in [0.15, 0.2) is 5.82 Å². The van der Waals surface area contributed by atoms with Crippen LogP contribution < -0.4 is 10.8 Å². The summed E-state index contributed by atoms with van der Waals surface area (Å²) < 4.78 is 17.1. The SMILES string of the molecule is O=C(NOCC1CC1)c1cc(-n2cccn2)c(F)cc1Nc1ccc(I)cc1Cl. The van der Waals surface area contributed by atoms with Crippen molar-refractivity contribution in [2.75, 3.05) is 11.9 Å². The summed E-state index contributed by atoms with van der Waals surface area (Å²) in [5.41, 5.74) is 3.65. The highest BCUT2D eigenvalue weighted by Crippen LogP contribution is 2.31. The summed E-state index contributed by atoms with van der Waals surface area (Å²) in [5, 5.41) is 7.57. The second-order valence-electron chi connectivity index (χ2n) is 6.73. The number of carbonyl (C=O) groups is 1. The van der Waals surface area contributed by atoms with Crippen LogP contribution in [0.4, 0.5) is 15.8 Å². The third-order valence-electron chi connectivity index (χ3n) is 4.46. The van der Waals surface area contributed by atoms with Crippen molar-refractivity contribution < 1.29 is 14.0 Å². The molecule has 2 aromatic carbocycles. The van der Waals surface area contributed by atoms with Gasteiger partial charge in [-0.15, -0.1) is 0 Å². The molecule has 0 aliphatic heterocycles. The number of carbonyl (C=O) groups excluding carboxylic acids is 1. The van der Waals surface area contributed by atoms with E-state index in [1.165, 1.54) is 23.0 Å². The minimum absolute atomic E-state index is 0.154. The average molecular weight is 527 g/mol. The first-order chi connectivity index (χ1) is 14.0. The minimum atomic E-state index is -0.534. The molecule has 1 heterocycles. The number of aromatic nitrogens is 2. The number of hydrogen-bond donors (Lipinski definition) is 2. The summed E-state index contributed by atoms with van der Waals surface area (Å²) in [6.07, 6.45) is 5.35. The number of nitrogens with zero attached hydrogens (tertiary/aromatic N) is 2. The fourth-order valence-electron chi connectivity index (χ4n) is 2.74. The average Bonchev–Trinajstić information content (AvgIpc) is 3.35. The molecule has 0 radical (unpaired) electrons. The van der Waals surface area contributed by atoms with Crippen molar-refractivity contribution in [3.05, 3.63) is 68.8 Å². The zero-order valence-electron chi connectivity index (χ0n) is 15.2. The molecule has 1 saturated carbocycles. The van der Waals surface area contributed by atoms with Gasteiger partial charge in [-0.3, -0.25) is 9.63 Å². The van der Waals surface area contributed by atoms with Crippen LogP contribution in [-0.4, -0.2) is 22.3 Å². The molecule has 1 aliphatic rings. The van der Waals surface area contributed by atoms with Crippen molar-refractivity contribution >= 4 is 51.5 Å². The molecule has 0 spiro atoms. The maximum atomic E-state index is 14.8. The van der Waals surface area contributed by atoms with Crippen molar-refractivity contribution in [3.8, 4) is 5.69 Å². The number of amides is 1. The number of hydroxylamine groups is 1. The largest absolute Gasteiger partial charge is 0.354 e. The Hall–Kier alpha value is -2.17. The first-order valence-corrected chi connectivity index (χ1v) is 10.4. The minimum Gasteiger partial charge on any atom is -0.354 e. The Labute approximate surface area is 185 Å². The topological polar surface area (TPSA) is 68.2 Å². The van der Waals surface area contributed by atoms with Crippen molar-refractivity contribution in [2.45, 2.75) is 12.8 Å². The number of benzene rings is 2. The molecule has 0 bridgehead atoms. The monoisotopic (exact) mass is 526 g/mol. The van der Waals surface area contributed by atoms with E-state index in [1.54, 1.807) is 24.4 Å². The molecule has 4 rings (SSSR count). The smallest absolute Gasteiger partial charge is 0.277 e. The van der Waals surface area contributed by atoms with Gasteiger partial charge in [0.2, 0.25) is 0 Å². The molecule has 1 aromatic heterocycles. The molecular formula is C20H17ClFIN4O2. The van der Waals surface area contributed by atoms with E-state index < -0.39 is 11.7 Å². The van der Waals surface area contributed by atoms with Crippen LogP contribution in [0.5, 0.6) is 0 Å². The Morgan fingerprint density at radius 3 is 2.83 bits per heavy atom. The molecule has 0 atom stereocenters. The fraction of sp³-hybridized carbons (Fsp3) is 0.200. The summed E-state index contributed by atoms with van der Waals surface area (Å²) in [7, 11) is 0. The van der Waals surface area contributed by atoms with Gasteiger partial charge in [0, 0.05) is 22.0 Å². The summed E-state index contributed by atoms with van der Waals surface area (Å²) in [6, 6.07) is 9.77. The first-order valence-electron chi connectivity index (χ1n) is 8.99. The van der Waals surface area contributed by atoms with Gasteiger partial charge < -0.3 is 5.32 Å². The van der Waals surface area contributed by atoms with Crippen LogP contribution in [0, 0.1) is 15.3 Å². The molecule has 1 aliphatic carbocycles. The fourth-order valence-corrected chi connectivity index (χ4v) is 3.64. The third-order valence-corrected chi connectivity index (χ3v) is 5.45. The van der Waals surface area contributed by atoms with Gasteiger partial charge in [-0.1, -0.05) is 11.6 Å². The molecule has 3 aromatic rings. The van der Waals surface area contributed by atoms with E-state index >= 15 is 0 Å². The van der Waals surface area contributed by atoms with Gasteiger partial charge in [-0.2, -0.15) is 5.10 Å². The molecule has 150 valence electrons. The van der Waals surface area contributed by atoms with Gasteiger partial charge in [0.25, 0.3) is 5.91 Å². The van der Waals surface area contributed by atoms with Crippen LogP contribution >= 0.6 is 34.2 Å². The van der Waals surface area contributed by atoms with E-state index in [4.69, 9.17) is 16.4 Å². The highest BCUT2D eigenvalue weighted by Gasteiger charge is 2.23. The Kier molecular flexibility index (Phi) is 6.02. The van der Waals surface area contributed by atoms with Crippen LogP contribution in [0.25, 0.3) is 5.69 Å². The van der Waals surface area contributed by atoms with Gasteiger partial charge in [-0.05, 0) is 71.7 Å². The second-order valence-corrected chi connectivity index (χ2v) is 8.39. The van der Waals surface area contributed by atoms with E-state index in [2.05, 4.69) is 38.5 Å². The van der Waals surface area contributed by atoms with Crippen LogP contribution in [0.15, 0.2) is 48.8 Å². The van der Waals surface area contributed by atoms with Crippen molar-refractivity contribution in [1.82, 2.24) is 15.3 Å². The Bertz CT molecular complexity index is 1040. The Balaban J connectivity index is 1.67. The molecule has 1 amide bonds. The van der Waals surface area contributed by atoms with E-state index in [0.717, 1.165) is 16.4 Å². The first kappa shape index (κ1) is 20.1. The second kappa shape index (κ2) is 8.68. The number of hydrogen-bond acceptors (Lipinski definition) is 4. The zero-order valence-corrected chi connectivity index (χ0v) is 18.1. The summed E-state index contributed by atoms with van der Waals surface area (Å²) in [6.45, 7) is 0.463. The van der Waals surface area contributed by atoms with Gasteiger partial charge >= 0.3 is 0 Å². The molecule has 29 heavy (non-hydrogen) atoms. The number of nitrogens with one attached hydrogen (secondary N) is 2. The van der Waals surface area contributed by atoms with Crippen LogP contribution in [0.2, 0.25) is 5.02 Å². The van der Waals surface area contributed by atoms with E-state index in [9.17, 15) is 9.18 Å². The van der Waals surface area contributed by atoms with Crippen molar-refractivity contribution in [1.29, 1.82) is 0 Å². The predicted octanol–water partition coefficient (Wildman–Crippen LogP) is 5.08. The molecule has 9 heteroatoms. The molecule has 2 N–H and O–H groups in total. The molecule has 0 saturated heterocycles. The lowest BCUT2D eigenvalue weighted by Gasteiger charge is -2.16. The Morgan fingerprint density at radius 1 is 1.31 bits per heavy atom. The number of anilines is 2. The lowest BCUT2D eigenvalue weighted by Crippen LogP contribution is -2.26. The highest BCUT2D eigenvalue weighted by atomic mass is 127. The molecule has 6 nitrogen and oxygen atoms in total. The van der Waals surface area contributed by atoms with E-state index in [0.29, 0.717) is 23.2 Å². The van der Waals surface area contributed by atoms with Gasteiger partial charge in [-0.25, -0.2) is 14.6 Å². The molecule has 0 unspecified atom stereocenters. The van der Waals surface area contributed by atoms with Crippen LogP contribution in [0.3, 0.4) is 0 Å². The zero-order chi connectivity index (χ0) is 20.4. The summed E-state index contributed by atoms with van der Waals surface area (Å²) in [4.78, 5) is 18.1. The van der Waals surface area contributed by atoms with Crippen molar-refractivity contribution in [2.24, 2.45) is 5.92 Å². The van der Waals surface area contributed by atoms with Crippen molar-refractivity contribution in [3.63, 3.8) is 0 Å².